The molecule has 1 aliphatic heterocycles. The number of methoxy groups -OCH3 is 1. The highest BCUT2D eigenvalue weighted by molar-refractivity contribution is 5.81. The van der Waals surface area contributed by atoms with Crippen LogP contribution in [0.25, 0.3) is 11.0 Å². The lowest BCUT2D eigenvalue weighted by atomic mass is 10.1. The largest absolute Gasteiger partial charge is 0.488 e. The first kappa shape index (κ1) is 10.3. The van der Waals surface area contributed by atoms with Crippen LogP contribution in [-0.2, 0) is 6.42 Å². The minimum Gasteiger partial charge on any atom is -0.488 e. The summed E-state index contributed by atoms with van der Waals surface area (Å²) in [7, 11) is 1.62. The molecule has 0 bridgehead atoms. The zero-order chi connectivity index (χ0) is 11.8. The molecule has 4 heteroatoms. The number of pyridine rings is 2. The number of aromatic nitrogens is 2. The Hall–Kier alpha value is -1.84. The molecule has 17 heavy (non-hydrogen) atoms. The summed E-state index contributed by atoms with van der Waals surface area (Å²) in [5.41, 5.74) is 2.95. The Labute approximate surface area is 99.6 Å². The molecule has 0 aromatic carbocycles. The van der Waals surface area contributed by atoms with Crippen molar-refractivity contribution in [2.45, 2.75) is 25.9 Å². The number of fused-ring (bicyclic) bond motifs is 3. The van der Waals surface area contributed by atoms with Gasteiger partial charge in [0, 0.05) is 18.1 Å². The molecule has 4 nitrogen and oxygen atoms in total. The fraction of sp³-hybridized carbons (Fsp3) is 0.385. The third-order valence-corrected chi connectivity index (χ3v) is 3.14. The number of nitrogens with zero attached hydrogens (tertiary/aromatic N) is 2. The van der Waals surface area contributed by atoms with Crippen molar-refractivity contribution in [3.8, 4) is 11.6 Å². The molecule has 2 aromatic rings. The SMILES string of the molecule is CCC1Cc2c(cnc3ccc(OC)nc23)O1. The molecule has 0 aliphatic carbocycles. The van der Waals surface area contributed by atoms with Gasteiger partial charge in [0.1, 0.15) is 11.9 Å². The third kappa shape index (κ3) is 1.60. The van der Waals surface area contributed by atoms with Crippen molar-refractivity contribution >= 4 is 11.0 Å². The average Bonchev–Trinajstić information content (AvgIpc) is 2.81. The summed E-state index contributed by atoms with van der Waals surface area (Å²) in [6.45, 7) is 2.13. The molecular formula is C13H14N2O2. The van der Waals surface area contributed by atoms with Crippen molar-refractivity contribution in [2.75, 3.05) is 7.11 Å². The van der Waals surface area contributed by atoms with Gasteiger partial charge in [-0.05, 0) is 12.5 Å². The molecule has 0 N–H and O–H groups in total. The van der Waals surface area contributed by atoms with E-state index in [0.717, 1.165) is 35.2 Å². The Bertz CT molecular complexity index is 569. The smallest absolute Gasteiger partial charge is 0.213 e. The molecule has 0 saturated heterocycles. The minimum atomic E-state index is 0.255. The molecule has 3 heterocycles. The van der Waals surface area contributed by atoms with Crippen LogP contribution in [0.3, 0.4) is 0 Å². The Kier molecular flexibility index (Phi) is 2.35. The maximum Gasteiger partial charge on any atom is 0.213 e. The van der Waals surface area contributed by atoms with Gasteiger partial charge in [-0.25, -0.2) is 4.98 Å². The summed E-state index contributed by atoms with van der Waals surface area (Å²) in [6.07, 6.45) is 3.96. The average molecular weight is 230 g/mol. The van der Waals surface area contributed by atoms with Crippen LogP contribution in [-0.4, -0.2) is 23.2 Å². The fourth-order valence-electron chi connectivity index (χ4n) is 2.17. The molecule has 0 amide bonds. The van der Waals surface area contributed by atoms with Crippen molar-refractivity contribution in [3.63, 3.8) is 0 Å². The molecule has 2 aromatic heterocycles. The van der Waals surface area contributed by atoms with Crippen LogP contribution in [0.15, 0.2) is 18.3 Å². The van der Waals surface area contributed by atoms with E-state index in [9.17, 15) is 0 Å². The maximum atomic E-state index is 5.79. The first-order chi connectivity index (χ1) is 8.31. The van der Waals surface area contributed by atoms with E-state index in [1.807, 2.05) is 12.1 Å². The lowest BCUT2D eigenvalue weighted by molar-refractivity contribution is 0.227. The van der Waals surface area contributed by atoms with Crippen LogP contribution in [0, 0.1) is 0 Å². The number of ether oxygens (including phenoxy) is 2. The standard InChI is InChI=1S/C13H14N2O2/c1-3-8-6-9-11(17-8)7-14-10-4-5-12(16-2)15-13(9)10/h4-5,7-8H,3,6H2,1-2H3. The van der Waals surface area contributed by atoms with Crippen molar-refractivity contribution in [2.24, 2.45) is 0 Å². The van der Waals surface area contributed by atoms with Crippen LogP contribution >= 0.6 is 0 Å². The first-order valence-electron chi connectivity index (χ1n) is 5.81. The van der Waals surface area contributed by atoms with Gasteiger partial charge < -0.3 is 9.47 Å². The van der Waals surface area contributed by atoms with Crippen molar-refractivity contribution in [1.29, 1.82) is 0 Å². The van der Waals surface area contributed by atoms with E-state index >= 15 is 0 Å². The normalized spacial score (nSPS) is 17.9. The molecule has 3 rings (SSSR count). The van der Waals surface area contributed by atoms with Crippen LogP contribution in [0.4, 0.5) is 0 Å². The van der Waals surface area contributed by atoms with E-state index in [0.29, 0.717) is 5.88 Å². The fourth-order valence-corrected chi connectivity index (χ4v) is 2.17. The van der Waals surface area contributed by atoms with Crippen molar-refractivity contribution < 1.29 is 9.47 Å². The molecule has 0 fully saturated rings. The van der Waals surface area contributed by atoms with Gasteiger partial charge in [0.2, 0.25) is 5.88 Å². The van der Waals surface area contributed by atoms with Gasteiger partial charge in [-0.3, -0.25) is 4.98 Å². The lowest BCUT2D eigenvalue weighted by Gasteiger charge is -2.05. The van der Waals surface area contributed by atoms with Crippen LogP contribution in [0.5, 0.6) is 11.6 Å². The zero-order valence-electron chi connectivity index (χ0n) is 9.93. The topological polar surface area (TPSA) is 44.2 Å². The second kappa shape index (κ2) is 3.87. The second-order valence-electron chi connectivity index (χ2n) is 4.17. The summed E-state index contributed by atoms with van der Waals surface area (Å²) < 4.78 is 10.9. The van der Waals surface area contributed by atoms with Gasteiger partial charge in [-0.15, -0.1) is 0 Å². The van der Waals surface area contributed by atoms with E-state index in [-0.39, 0.29) is 6.10 Å². The molecule has 0 saturated carbocycles. The van der Waals surface area contributed by atoms with Gasteiger partial charge in [0.15, 0.2) is 0 Å². The third-order valence-electron chi connectivity index (χ3n) is 3.14. The Morgan fingerprint density at radius 1 is 1.47 bits per heavy atom. The van der Waals surface area contributed by atoms with E-state index in [2.05, 4.69) is 16.9 Å². The number of hydrogen-bond acceptors (Lipinski definition) is 4. The summed E-state index contributed by atoms with van der Waals surface area (Å²) in [4.78, 5) is 8.82. The van der Waals surface area contributed by atoms with Crippen molar-refractivity contribution in [3.05, 3.63) is 23.9 Å². The van der Waals surface area contributed by atoms with Gasteiger partial charge in [-0.2, -0.15) is 0 Å². The molecule has 1 atom stereocenters. The van der Waals surface area contributed by atoms with E-state index < -0.39 is 0 Å². The highest BCUT2D eigenvalue weighted by Gasteiger charge is 2.24. The summed E-state index contributed by atoms with van der Waals surface area (Å²) in [5.74, 6) is 1.48. The minimum absolute atomic E-state index is 0.255. The molecule has 0 spiro atoms. The van der Waals surface area contributed by atoms with E-state index in [1.54, 1.807) is 13.3 Å². The van der Waals surface area contributed by atoms with Gasteiger partial charge in [0.25, 0.3) is 0 Å². The Morgan fingerprint density at radius 3 is 3.12 bits per heavy atom. The predicted octanol–water partition coefficient (Wildman–Crippen LogP) is 2.35. The monoisotopic (exact) mass is 230 g/mol. The van der Waals surface area contributed by atoms with E-state index in [1.165, 1.54) is 0 Å². The molecule has 1 unspecified atom stereocenters. The highest BCUT2D eigenvalue weighted by atomic mass is 16.5. The summed E-state index contributed by atoms with van der Waals surface area (Å²) in [5, 5.41) is 0. The quantitative estimate of drug-likeness (QED) is 0.794. The van der Waals surface area contributed by atoms with Gasteiger partial charge >= 0.3 is 0 Å². The summed E-state index contributed by atoms with van der Waals surface area (Å²) >= 11 is 0. The van der Waals surface area contributed by atoms with Crippen LogP contribution < -0.4 is 9.47 Å². The van der Waals surface area contributed by atoms with Gasteiger partial charge in [-0.1, -0.05) is 6.92 Å². The van der Waals surface area contributed by atoms with Crippen LogP contribution in [0.1, 0.15) is 18.9 Å². The maximum absolute atomic E-state index is 5.79. The molecule has 1 aliphatic rings. The zero-order valence-corrected chi connectivity index (χ0v) is 9.93. The molecule has 0 radical (unpaired) electrons. The highest BCUT2D eigenvalue weighted by Crippen LogP contribution is 2.34. The number of rotatable bonds is 2. The molecular weight excluding hydrogens is 216 g/mol. The lowest BCUT2D eigenvalue weighted by Crippen LogP contribution is -2.10. The predicted molar refractivity (Wildman–Crippen MR) is 64.5 cm³/mol. The Balaban J connectivity index is 2.18. The van der Waals surface area contributed by atoms with Crippen LogP contribution in [0.2, 0.25) is 0 Å². The summed E-state index contributed by atoms with van der Waals surface area (Å²) in [6, 6.07) is 3.76. The van der Waals surface area contributed by atoms with Gasteiger partial charge in [0.05, 0.1) is 24.3 Å². The molecule has 88 valence electrons. The van der Waals surface area contributed by atoms with E-state index in [4.69, 9.17) is 9.47 Å². The Morgan fingerprint density at radius 2 is 2.35 bits per heavy atom. The first-order valence-corrected chi connectivity index (χ1v) is 5.81. The second-order valence-corrected chi connectivity index (χ2v) is 4.17. The number of hydrogen-bond donors (Lipinski definition) is 0. The van der Waals surface area contributed by atoms with Crippen molar-refractivity contribution in [1.82, 2.24) is 9.97 Å².